The molecule has 0 aliphatic carbocycles. The van der Waals surface area contributed by atoms with E-state index in [0.717, 1.165) is 5.56 Å². The smallest absolute Gasteiger partial charge is 0.410 e. The lowest BCUT2D eigenvalue weighted by atomic mass is 10.1. The molecule has 1 heterocycles. The Hall–Kier alpha value is -1.62. The molecule has 1 aromatic carbocycles. The van der Waals surface area contributed by atoms with Crippen molar-refractivity contribution in [3.63, 3.8) is 0 Å². The Balaban J connectivity index is 2.05. The summed E-state index contributed by atoms with van der Waals surface area (Å²) in [6, 6.07) is 6.13. The molecule has 1 saturated heterocycles. The Morgan fingerprint density at radius 2 is 2.12 bits per heavy atom. The van der Waals surface area contributed by atoms with Gasteiger partial charge in [0.25, 0.3) is 0 Å². The summed E-state index contributed by atoms with van der Waals surface area (Å²) in [4.78, 5) is 13.2. The highest BCUT2D eigenvalue weighted by Crippen LogP contribution is 2.18. The molecular weight excluding hydrogens is 223 g/mol. The molecule has 0 spiro atoms. The van der Waals surface area contributed by atoms with Gasteiger partial charge >= 0.3 is 6.09 Å². The van der Waals surface area contributed by atoms with E-state index in [-0.39, 0.29) is 18.0 Å². The number of hydrogen-bond acceptors (Lipinski definition) is 3. The second-order valence-corrected chi connectivity index (χ2v) is 4.06. The molecule has 1 aliphatic rings. The van der Waals surface area contributed by atoms with E-state index in [0.29, 0.717) is 26.1 Å². The van der Waals surface area contributed by atoms with Crippen LogP contribution in [0, 0.1) is 5.82 Å². The van der Waals surface area contributed by atoms with Crippen molar-refractivity contribution in [2.45, 2.75) is 19.0 Å². The minimum Gasteiger partial charge on any atom is -0.447 e. The number of nitrogens with zero attached hydrogens (tertiary/aromatic N) is 1. The number of carbonyl (C=O) groups is 1. The molecule has 4 nitrogen and oxygen atoms in total. The fourth-order valence-corrected chi connectivity index (χ4v) is 1.90. The van der Waals surface area contributed by atoms with Crippen LogP contribution in [0.25, 0.3) is 0 Å². The Bertz CT molecular complexity index is 394. The number of halogens is 1. The van der Waals surface area contributed by atoms with Gasteiger partial charge in [0, 0.05) is 6.54 Å². The zero-order valence-electron chi connectivity index (χ0n) is 9.43. The third-order valence-electron chi connectivity index (χ3n) is 2.84. The van der Waals surface area contributed by atoms with Crippen LogP contribution in [0.1, 0.15) is 12.0 Å². The number of amides is 1. The number of nitrogens with two attached hydrogens (primary N) is 1. The van der Waals surface area contributed by atoms with E-state index in [2.05, 4.69) is 0 Å². The van der Waals surface area contributed by atoms with Crippen LogP contribution >= 0.6 is 0 Å². The molecule has 0 radical (unpaired) electrons. The quantitative estimate of drug-likeness (QED) is 0.864. The summed E-state index contributed by atoms with van der Waals surface area (Å²) in [5, 5.41) is 0. The van der Waals surface area contributed by atoms with Gasteiger partial charge in [-0.15, -0.1) is 0 Å². The van der Waals surface area contributed by atoms with Crippen molar-refractivity contribution < 1.29 is 13.9 Å². The minimum atomic E-state index is -0.326. The van der Waals surface area contributed by atoms with Crippen molar-refractivity contribution in [3.05, 3.63) is 35.6 Å². The first-order chi connectivity index (χ1) is 8.20. The van der Waals surface area contributed by atoms with Crippen molar-refractivity contribution in [2.24, 2.45) is 5.73 Å². The fraction of sp³-hybridized carbons (Fsp3) is 0.417. The minimum absolute atomic E-state index is 0.0255. The number of hydrogen-bond donors (Lipinski definition) is 1. The van der Waals surface area contributed by atoms with Gasteiger partial charge in [-0.05, 0) is 30.7 Å². The number of benzene rings is 1. The van der Waals surface area contributed by atoms with Gasteiger partial charge in [0.05, 0.1) is 6.04 Å². The number of rotatable bonds is 4. The lowest BCUT2D eigenvalue weighted by Gasteiger charge is -2.20. The predicted octanol–water partition coefficient (Wildman–Crippen LogP) is 1.50. The van der Waals surface area contributed by atoms with E-state index in [1.165, 1.54) is 12.1 Å². The molecule has 1 aliphatic heterocycles. The lowest BCUT2D eigenvalue weighted by Crippen LogP contribution is -2.34. The average molecular weight is 238 g/mol. The third-order valence-corrected chi connectivity index (χ3v) is 2.84. The average Bonchev–Trinajstić information content (AvgIpc) is 2.65. The van der Waals surface area contributed by atoms with Gasteiger partial charge in [-0.1, -0.05) is 12.1 Å². The van der Waals surface area contributed by atoms with Crippen molar-refractivity contribution >= 4 is 6.09 Å². The first-order valence-corrected chi connectivity index (χ1v) is 5.58. The van der Waals surface area contributed by atoms with Gasteiger partial charge in [-0.25, -0.2) is 9.18 Å². The number of ether oxygens (including phenoxy) is 1. The van der Waals surface area contributed by atoms with E-state index in [1.54, 1.807) is 17.0 Å². The molecule has 17 heavy (non-hydrogen) atoms. The van der Waals surface area contributed by atoms with Crippen LogP contribution in [0.3, 0.4) is 0 Å². The molecule has 2 N–H and O–H groups in total. The maximum absolute atomic E-state index is 12.8. The monoisotopic (exact) mass is 238 g/mol. The molecule has 0 bridgehead atoms. The van der Waals surface area contributed by atoms with E-state index in [1.807, 2.05) is 0 Å². The normalized spacial score (nSPS) is 19.5. The van der Waals surface area contributed by atoms with Gasteiger partial charge in [0.15, 0.2) is 0 Å². The summed E-state index contributed by atoms with van der Waals surface area (Å²) in [5.41, 5.74) is 6.37. The Kier molecular flexibility index (Phi) is 3.58. The largest absolute Gasteiger partial charge is 0.447 e. The second-order valence-electron chi connectivity index (χ2n) is 4.06. The Morgan fingerprint density at radius 3 is 2.76 bits per heavy atom. The van der Waals surface area contributed by atoms with Gasteiger partial charge in [-0.2, -0.15) is 0 Å². The van der Waals surface area contributed by atoms with Gasteiger partial charge in [0.2, 0.25) is 0 Å². The van der Waals surface area contributed by atoms with E-state index >= 15 is 0 Å². The highest BCUT2D eigenvalue weighted by molar-refractivity contribution is 5.70. The second kappa shape index (κ2) is 5.14. The van der Waals surface area contributed by atoms with Crippen LogP contribution < -0.4 is 5.73 Å². The highest BCUT2D eigenvalue weighted by Gasteiger charge is 2.31. The van der Waals surface area contributed by atoms with Crippen LogP contribution in [-0.2, 0) is 11.3 Å². The first kappa shape index (κ1) is 11.9. The Labute approximate surface area is 99.2 Å². The summed E-state index contributed by atoms with van der Waals surface area (Å²) < 4.78 is 17.7. The molecule has 1 unspecified atom stereocenters. The molecule has 0 saturated carbocycles. The standard InChI is InChI=1S/C12H15FN2O2/c13-10-3-1-9(2-4-10)7-15-11(5-6-14)8-17-12(15)16/h1-4,11H,5-8,14H2. The SMILES string of the molecule is NCCC1COC(=O)N1Cc1ccc(F)cc1. The fourth-order valence-electron chi connectivity index (χ4n) is 1.90. The number of cyclic esters (lactones) is 1. The summed E-state index contributed by atoms with van der Waals surface area (Å²) in [6.07, 6.45) is 0.389. The summed E-state index contributed by atoms with van der Waals surface area (Å²) in [6.45, 7) is 1.34. The molecule has 2 rings (SSSR count). The van der Waals surface area contributed by atoms with E-state index in [4.69, 9.17) is 10.5 Å². The zero-order valence-corrected chi connectivity index (χ0v) is 9.43. The summed E-state index contributed by atoms with van der Waals surface area (Å²) in [5.74, 6) is -0.281. The van der Waals surface area contributed by atoms with Crippen molar-refractivity contribution in [2.75, 3.05) is 13.2 Å². The lowest BCUT2D eigenvalue weighted by molar-refractivity contribution is 0.156. The summed E-state index contributed by atoms with van der Waals surface area (Å²) in [7, 11) is 0. The highest BCUT2D eigenvalue weighted by atomic mass is 19.1. The Morgan fingerprint density at radius 1 is 1.41 bits per heavy atom. The van der Waals surface area contributed by atoms with E-state index < -0.39 is 0 Å². The first-order valence-electron chi connectivity index (χ1n) is 5.58. The van der Waals surface area contributed by atoms with Crippen LogP contribution in [0.15, 0.2) is 24.3 Å². The number of carbonyl (C=O) groups excluding carboxylic acids is 1. The van der Waals surface area contributed by atoms with Crippen molar-refractivity contribution in [1.29, 1.82) is 0 Å². The van der Waals surface area contributed by atoms with Crippen LogP contribution in [-0.4, -0.2) is 30.2 Å². The molecule has 1 aromatic rings. The van der Waals surface area contributed by atoms with Gasteiger partial charge < -0.3 is 10.5 Å². The van der Waals surface area contributed by atoms with Crippen LogP contribution in [0.4, 0.5) is 9.18 Å². The topological polar surface area (TPSA) is 55.6 Å². The molecule has 1 fully saturated rings. The van der Waals surface area contributed by atoms with Crippen molar-refractivity contribution in [3.8, 4) is 0 Å². The van der Waals surface area contributed by atoms with E-state index in [9.17, 15) is 9.18 Å². The maximum atomic E-state index is 12.8. The van der Waals surface area contributed by atoms with Gasteiger partial charge in [-0.3, -0.25) is 4.90 Å². The van der Waals surface area contributed by atoms with Crippen LogP contribution in [0.2, 0.25) is 0 Å². The molecule has 1 atom stereocenters. The molecule has 92 valence electrons. The third kappa shape index (κ3) is 2.74. The molecular formula is C12H15FN2O2. The predicted molar refractivity (Wildman–Crippen MR) is 60.8 cm³/mol. The maximum Gasteiger partial charge on any atom is 0.410 e. The van der Waals surface area contributed by atoms with Crippen LogP contribution in [0.5, 0.6) is 0 Å². The zero-order chi connectivity index (χ0) is 12.3. The molecule has 0 aromatic heterocycles. The molecule has 1 amide bonds. The van der Waals surface area contributed by atoms with Crippen molar-refractivity contribution in [1.82, 2.24) is 4.90 Å². The summed E-state index contributed by atoms with van der Waals surface area (Å²) >= 11 is 0. The molecule has 5 heteroatoms. The van der Waals surface area contributed by atoms with Gasteiger partial charge in [0.1, 0.15) is 12.4 Å².